The molecule has 1 atom stereocenters. The van der Waals surface area contributed by atoms with Gasteiger partial charge in [0.2, 0.25) is 5.91 Å². The number of benzene rings is 1. The molecule has 1 unspecified atom stereocenters. The predicted octanol–water partition coefficient (Wildman–Crippen LogP) is 3.36. The lowest BCUT2D eigenvalue weighted by atomic mass is 9.88. The molecule has 0 bridgehead atoms. The summed E-state index contributed by atoms with van der Waals surface area (Å²) in [6, 6.07) is 4.80. The fourth-order valence-electron chi connectivity index (χ4n) is 4.74. The second-order valence-corrected chi connectivity index (χ2v) is 14.1. The zero-order valence-electron chi connectivity index (χ0n) is 23.9. The lowest BCUT2D eigenvalue weighted by Crippen LogP contribution is -2.28. The number of sulfone groups is 1. The van der Waals surface area contributed by atoms with Gasteiger partial charge in [-0.2, -0.15) is 4.99 Å². The standard InChI is InChI=1S/C29H31N3O8S3/c1-5-12-32-20-11-9-18(27(35)39-6-2)14-22(20)42-29(32)31-24(34)16-43(37,38)15-23(33)30-26-25(28(36)40-7-3)19-10-8-17(4)13-21(19)41-26/h1,9,11,14,17H,6-8,10,12-13,15-16H2,2-4H3,(H,30,33). The largest absolute Gasteiger partial charge is 0.462 e. The maximum absolute atomic E-state index is 12.8. The summed E-state index contributed by atoms with van der Waals surface area (Å²) < 4.78 is 38.1. The molecule has 1 aromatic carbocycles. The van der Waals surface area contributed by atoms with Gasteiger partial charge in [-0.05, 0) is 62.8 Å². The third-order valence-corrected chi connectivity index (χ3v) is 10.2. The van der Waals surface area contributed by atoms with Crippen LogP contribution in [0.4, 0.5) is 5.00 Å². The van der Waals surface area contributed by atoms with Crippen LogP contribution in [-0.2, 0) is 48.3 Å². The predicted molar refractivity (Wildman–Crippen MR) is 164 cm³/mol. The molecule has 3 aromatic rings. The second-order valence-electron chi connectivity index (χ2n) is 9.94. The van der Waals surface area contributed by atoms with Crippen LogP contribution < -0.4 is 10.1 Å². The molecule has 1 aliphatic carbocycles. The summed E-state index contributed by atoms with van der Waals surface area (Å²) in [4.78, 5) is 55.5. The molecule has 2 heterocycles. The van der Waals surface area contributed by atoms with E-state index in [1.807, 2.05) is 0 Å². The molecule has 2 amide bonds. The Morgan fingerprint density at radius 3 is 2.53 bits per heavy atom. The van der Waals surface area contributed by atoms with E-state index in [9.17, 15) is 27.6 Å². The minimum atomic E-state index is -4.23. The first-order valence-corrected chi connectivity index (χ1v) is 17.0. The summed E-state index contributed by atoms with van der Waals surface area (Å²) in [5.41, 5.74) is 2.00. The second kappa shape index (κ2) is 13.7. The average Bonchev–Trinajstić information content (AvgIpc) is 3.44. The molecule has 0 radical (unpaired) electrons. The van der Waals surface area contributed by atoms with E-state index in [1.165, 1.54) is 11.3 Å². The number of aromatic nitrogens is 1. The lowest BCUT2D eigenvalue weighted by molar-refractivity contribution is -0.115. The molecule has 0 spiro atoms. The van der Waals surface area contributed by atoms with Crippen LogP contribution in [0.25, 0.3) is 10.2 Å². The number of carbonyl (C=O) groups excluding carboxylic acids is 4. The lowest BCUT2D eigenvalue weighted by Gasteiger charge is -2.18. The van der Waals surface area contributed by atoms with Gasteiger partial charge in [-0.1, -0.05) is 24.2 Å². The van der Waals surface area contributed by atoms with Crippen LogP contribution in [0.15, 0.2) is 23.2 Å². The number of nitrogens with zero attached hydrogens (tertiary/aromatic N) is 2. The van der Waals surface area contributed by atoms with Gasteiger partial charge in [0.1, 0.15) is 16.5 Å². The van der Waals surface area contributed by atoms with Gasteiger partial charge >= 0.3 is 11.9 Å². The van der Waals surface area contributed by atoms with Gasteiger partial charge in [0.15, 0.2) is 14.6 Å². The highest BCUT2D eigenvalue weighted by Crippen LogP contribution is 2.40. The molecule has 11 nitrogen and oxygen atoms in total. The van der Waals surface area contributed by atoms with Crippen LogP contribution in [0.3, 0.4) is 0 Å². The number of fused-ring (bicyclic) bond motifs is 2. The Bertz CT molecular complexity index is 1810. The zero-order chi connectivity index (χ0) is 31.3. The van der Waals surface area contributed by atoms with Crippen molar-refractivity contribution in [3.05, 3.63) is 44.6 Å². The summed E-state index contributed by atoms with van der Waals surface area (Å²) in [6.07, 6.45) is 7.79. The summed E-state index contributed by atoms with van der Waals surface area (Å²) in [5, 5.41) is 2.81. The van der Waals surface area contributed by atoms with Gasteiger partial charge in [0, 0.05) is 4.88 Å². The molecule has 1 N–H and O–H groups in total. The van der Waals surface area contributed by atoms with Gasteiger partial charge in [-0.15, -0.1) is 17.8 Å². The van der Waals surface area contributed by atoms with Crippen LogP contribution in [0.5, 0.6) is 0 Å². The number of thiophene rings is 1. The number of hydrogen-bond acceptors (Lipinski definition) is 10. The number of amides is 2. The Labute approximate surface area is 256 Å². The number of hydrogen-bond donors (Lipinski definition) is 1. The summed E-state index contributed by atoms with van der Waals surface area (Å²) in [5.74, 6) is -2.03. The quantitative estimate of drug-likeness (QED) is 0.261. The molecule has 2 aromatic heterocycles. The van der Waals surface area contributed by atoms with Crippen LogP contribution in [0, 0.1) is 18.3 Å². The van der Waals surface area contributed by atoms with E-state index in [-0.39, 0.29) is 35.1 Å². The average molecular weight is 646 g/mol. The zero-order valence-corrected chi connectivity index (χ0v) is 26.4. The number of nitrogens with one attached hydrogen (secondary N) is 1. The van der Waals surface area contributed by atoms with Gasteiger partial charge in [-0.25, -0.2) is 18.0 Å². The fourth-order valence-corrected chi connectivity index (χ4v) is 8.26. The van der Waals surface area contributed by atoms with Crippen molar-refractivity contribution in [3.63, 3.8) is 0 Å². The molecule has 0 saturated heterocycles. The van der Waals surface area contributed by atoms with Crippen molar-refractivity contribution < 1.29 is 37.1 Å². The van der Waals surface area contributed by atoms with Crippen LogP contribution in [0.1, 0.15) is 58.3 Å². The van der Waals surface area contributed by atoms with Crippen molar-refractivity contribution in [1.29, 1.82) is 0 Å². The van der Waals surface area contributed by atoms with E-state index >= 15 is 0 Å². The van der Waals surface area contributed by atoms with E-state index in [4.69, 9.17) is 15.9 Å². The van der Waals surface area contributed by atoms with Crippen LogP contribution in [-0.4, -0.2) is 61.5 Å². The number of ether oxygens (including phenoxy) is 2. The minimum absolute atomic E-state index is 0.0480. The van der Waals surface area contributed by atoms with Crippen molar-refractivity contribution in [1.82, 2.24) is 4.57 Å². The van der Waals surface area contributed by atoms with Crippen molar-refractivity contribution in [3.8, 4) is 12.3 Å². The molecule has 4 rings (SSSR count). The normalized spacial score (nSPS) is 15.0. The molecule has 228 valence electrons. The fraction of sp³-hybridized carbons (Fsp3) is 0.414. The number of esters is 2. The molecular weight excluding hydrogens is 615 g/mol. The SMILES string of the molecule is C#CCn1c(=NC(=O)CS(=O)(=O)CC(=O)Nc2sc3c(c2C(=O)OCC)CCC(C)C3)sc2cc(C(=O)OCC)ccc21. The first-order chi connectivity index (χ1) is 20.5. The number of carbonyl (C=O) groups is 4. The molecule has 1 aliphatic rings. The highest BCUT2D eigenvalue weighted by Gasteiger charge is 2.30. The molecule has 0 fully saturated rings. The molecule has 0 saturated carbocycles. The number of anilines is 1. The van der Waals surface area contributed by atoms with E-state index < -0.39 is 45.1 Å². The number of thiazole rings is 1. The van der Waals surface area contributed by atoms with E-state index in [0.717, 1.165) is 34.6 Å². The van der Waals surface area contributed by atoms with Gasteiger partial charge in [0.25, 0.3) is 5.91 Å². The van der Waals surface area contributed by atoms with E-state index in [2.05, 4.69) is 23.2 Å². The van der Waals surface area contributed by atoms with Crippen LogP contribution in [0.2, 0.25) is 0 Å². The summed E-state index contributed by atoms with van der Waals surface area (Å²) >= 11 is 2.30. The van der Waals surface area contributed by atoms with E-state index in [0.29, 0.717) is 28.1 Å². The van der Waals surface area contributed by atoms with Gasteiger partial charge < -0.3 is 19.4 Å². The number of rotatable bonds is 10. The van der Waals surface area contributed by atoms with E-state index in [1.54, 1.807) is 36.6 Å². The maximum Gasteiger partial charge on any atom is 0.341 e. The smallest absolute Gasteiger partial charge is 0.341 e. The highest BCUT2D eigenvalue weighted by atomic mass is 32.2. The number of terminal acetylenes is 1. The molecule has 43 heavy (non-hydrogen) atoms. The first-order valence-electron chi connectivity index (χ1n) is 13.6. The topological polar surface area (TPSA) is 150 Å². The maximum atomic E-state index is 12.8. The highest BCUT2D eigenvalue weighted by molar-refractivity contribution is 7.92. The Morgan fingerprint density at radius 2 is 1.84 bits per heavy atom. The third-order valence-electron chi connectivity index (χ3n) is 6.60. The Kier molecular flexibility index (Phi) is 10.2. The molecular formula is C29H31N3O8S3. The third kappa shape index (κ3) is 7.59. The Morgan fingerprint density at radius 1 is 1.12 bits per heavy atom. The Balaban J connectivity index is 1.53. The van der Waals surface area contributed by atoms with Gasteiger partial charge in [-0.3, -0.25) is 9.59 Å². The monoisotopic (exact) mass is 645 g/mol. The molecule has 14 heteroatoms. The first kappa shape index (κ1) is 32.1. The molecule has 0 aliphatic heterocycles. The van der Waals surface area contributed by atoms with Crippen molar-refractivity contribution in [2.45, 2.75) is 46.6 Å². The summed E-state index contributed by atoms with van der Waals surface area (Å²) in [6.45, 7) is 5.89. The van der Waals surface area contributed by atoms with Crippen molar-refractivity contribution in [2.24, 2.45) is 10.9 Å². The summed E-state index contributed by atoms with van der Waals surface area (Å²) in [7, 11) is -4.23. The van der Waals surface area contributed by atoms with Crippen molar-refractivity contribution >= 4 is 71.5 Å². The van der Waals surface area contributed by atoms with Crippen molar-refractivity contribution in [2.75, 3.05) is 30.0 Å². The van der Waals surface area contributed by atoms with Crippen LogP contribution >= 0.6 is 22.7 Å². The van der Waals surface area contributed by atoms with Gasteiger partial charge in [0.05, 0.1) is 41.1 Å². The Hall–Kier alpha value is -3.80. The minimum Gasteiger partial charge on any atom is -0.462 e.